The second-order valence-electron chi connectivity index (χ2n) is 4.10. The van der Waals surface area contributed by atoms with Gasteiger partial charge in [-0.15, -0.1) is 11.3 Å². The summed E-state index contributed by atoms with van der Waals surface area (Å²) >= 11 is 5.39. The lowest BCUT2D eigenvalue weighted by Gasteiger charge is -2.25. The van der Waals surface area contributed by atoms with Gasteiger partial charge in [-0.05, 0) is 41.6 Å². The first-order chi connectivity index (χ1) is 7.83. The molecule has 0 spiro atoms. The molecule has 0 saturated heterocycles. The van der Waals surface area contributed by atoms with E-state index in [-0.39, 0.29) is 0 Å². The van der Waals surface area contributed by atoms with Gasteiger partial charge in [-0.25, -0.2) is 0 Å². The Kier molecular flexibility index (Phi) is 2.74. The quantitative estimate of drug-likeness (QED) is 0.828. The van der Waals surface area contributed by atoms with Crippen LogP contribution < -0.4 is 5.32 Å². The highest BCUT2D eigenvalue weighted by Crippen LogP contribution is 2.33. The number of hydrogen-bond acceptors (Lipinski definition) is 2. The predicted octanol–water partition coefficient (Wildman–Crippen LogP) is 4.26. The summed E-state index contributed by atoms with van der Waals surface area (Å²) in [4.78, 5) is 1.48. The summed E-state index contributed by atoms with van der Waals surface area (Å²) in [5.41, 5.74) is 2.70. The molecule has 0 radical (unpaired) electrons. The molecule has 2 aromatic rings. The molecule has 1 unspecified atom stereocenters. The molecule has 1 aliphatic heterocycles. The summed E-state index contributed by atoms with van der Waals surface area (Å²) in [6.07, 6.45) is 1.14. The fourth-order valence-electron chi connectivity index (χ4n) is 2.20. The first-order valence-electron chi connectivity index (χ1n) is 5.38. The summed E-state index contributed by atoms with van der Waals surface area (Å²) in [6.45, 7) is 1.05. The van der Waals surface area contributed by atoms with Gasteiger partial charge in [0.2, 0.25) is 0 Å². The molecule has 0 fully saturated rings. The van der Waals surface area contributed by atoms with Gasteiger partial charge in [0.15, 0.2) is 0 Å². The molecule has 1 atom stereocenters. The van der Waals surface area contributed by atoms with Crippen molar-refractivity contribution in [1.82, 2.24) is 0 Å². The Bertz CT molecular complexity index is 493. The van der Waals surface area contributed by atoms with E-state index in [1.165, 1.54) is 20.6 Å². The highest BCUT2D eigenvalue weighted by Gasteiger charge is 2.20. The Morgan fingerprint density at radius 3 is 3.06 bits per heavy atom. The lowest BCUT2D eigenvalue weighted by Crippen LogP contribution is -2.20. The largest absolute Gasteiger partial charge is 0.384 e. The number of fused-ring (bicyclic) bond motifs is 1. The van der Waals surface area contributed by atoms with Crippen molar-refractivity contribution in [2.24, 2.45) is 0 Å². The number of hydrogen-bond donors (Lipinski definition) is 1. The molecule has 3 heteroatoms. The number of halogens is 1. The Morgan fingerprint density at radius 2 is 2.25 bits per heavy atom. The van der Waals surface area contributed by atoms with Crippen molar-refractivity contribution in [3.63, 3.8) is 0 Å². The van der Waals surface area contributed by atoms with Gasteiger partial charge in [-0.1, -0.05) is 22.0 Å². The SMILES string of the molecule is Brc1ccc2c(c1)CC(c1cccs1)CN2. The topological polar surface area (TPSA) is 12.0 Å². The van der Waals surface area contributed by atoms with E-state index in [1.807, 2.05) is 11.3 Å². The maximum Gasteiger partial charge on any atom is 0.0373 e. The molecule has 0 bridgehead atoms. The third kappa shape index (κ3) is 1.89. The molecule has 0 aliphatic carbocycles. The molecule has 0 amide bonds. The van der Waals surface area contributed by atoms with Crippen LogP contribution in [0.3, 0.4) is 0 Å². The Hall–Kier alpha value is -0.800. The van der Waals surface area contributed by atoms with Gasteiger partial charge < -0.3 is 5.32 Å². The third-order valence-electron chi connectivity index (χ3n) is 3.02. The zero-order valence-corrected chi connectivity index (χ0v) is 11.1. The van der Waals surface area contributed by atoms with Crippen molar-refractivity contribution in [2.45, 2.75) is 12.3 Å². The maximum atomic E-state index is 3.53. The van der Waals surface area contributed by atoms with Crippen LogP contribution in [-0.4, -0.2) is 6.54 Å². The van der Waals surface area contributed by atoms with Crippen LogP contribution in [0.4, 0.5) is 5.69 Å². The van der Waals surface area contributed by atoms with Crippen LogP contribution in [0.2, 0.25) is 0 Å². The molecule has 1 nitrogen and oxygen atoms in total. The molecule has 1 aliphatic rings. The maximum absolute atomic E-state index is 3.53. The van der Waals surface area contributed by atoms with Crippen molar-refractivity contribution in [1.29, 1.82) is 0 Å². The van der Waals surface area contributed by atoms with E-state index in [0.717, 1.165) is 13.0 Å². The van der Waals surface area contributed by atoms with Crippen molar-refractivity contribution in [2.75, 3.05) is 11.9 Å². The first kappa shape index (κ1) is 10.4. The molecule has 2 heterocycles. The van der Waals surface area contributed by atoms with Crippen molar-refractivity contribution < 1.29 is 0 Å². The second kappa shape index (κ2) is 4.22. The number of thiophene rings is 1. The van der Waals surface area contributed by atoms with Crippen LogP contribution in [0.25, 0.3) is 0 Å². The van der Waals surface area contributed by atoms with Gasteiger partial charge in [0.25, 0.3) is 0 Å². The summed E-state index contributed by atoms with van der Waals surface area (Å²) in [5, 5.41) is 5.67. The molecule has 0 saturated carbocycles. The van der Waals surface area contributed by atoms with E-state index in [9.17, 15) is 0 Å². The highest BCUT2D eigenvalue weighted by molar-refractivity contribution is 9.10. The number of nitrogens with one attached hydrogen (secondary N) is 1. The first-order valence-corrected chi connectivity index (χ1v) is 7.06. The van der Waals surface area contributed by atoms with E-state index < -0.39 is 0 Å². The van der Waals surface area contributed by atoms with Crippen molar-refractivity contribution in [3.8, 4) is 0 Å². The minimum Gasteiger partial charge on any atom is -0.384 e. The number of benzene rings is 1. The molecule has 16 heavy (non-hydrogen) atoms. The fourth-order valence-corrected chi connectivity index (χ4v) is 3.44. The van der Waals surface area contributed by atoms with Crippen molar-refractivity contribution >= 4 is 33.0 Å². The van der Waals surface area contributed by atoms with Gasteiger partial charge in [0.1, 0.15) is 0 Å². The minimum atomic E-state index is 0.627. The van der Waals surface area contributed by atoms with Gasteiger partial charge in [0, 0.05) is 27.5 Å². The molecular weight excluding hydrogens is 282 g/mol. The lowest BCUT2D eigenvalue weighted by atomic mass is 9.93. The highest BCUT2D eigenvalue weighted by atomic mass is 79.9. The summed E-state index contributed by atoms with van der Waals surface area (Å²) in [7, 11) is 0. The van der Waals surface area contributed by atoms with Gasteiger partial charge in [0.05, 0.1) is 0 Å². The van der Waals surface area contributed by atoms with Crippen LogP contribution in [-0.2, 0) is 6.42 Å². The molecule has 82 valence electrons. The molecule has 3 rings (SSSR count). The fraction of sp³-hybridized carbons (Fsp3) is 0.231. The van der Waals surface area contributed by atoms with Crippen LogP contribution in [0.15, 0.2) is 40.2 Å². The molecule has 1 aromatic carbocycles. The summed E-state index contributed by atoms with van der Waals surface area (Å²) < 4.78 is 1.17. The summed E-state index contributed by atoms with van der Waals surface area (Å²) in [5.74, 6) is 0.627. The van der Waals surface area contributed by atoms with E-state index >= 15 is 0 Å². The molecular formula is C13H12BrNS. The van der Waals surface area contributed by atoms with Gasteiger partial charge >= 0.3 is 0 Å². The summed E-state index contributed by atoms with van der Waals surface area (Å²) in [6, 6.07) is 10.8. The van der Waals surface area contributed by atoms with E-state index in [0.29, 0.717) is 5.92 Å². The Balaban J connectivity index is 1.91. The smallest absolute Gasteiger partial charge is 0.0373 e. The third-order valence-corrected chi connectivity index (χ3v) is 4.55. The molecule has 1 N–H and O–H groups in total. The second-order valence-corrected chi connectivity index (χ2v) is 5.99. The predicted molar refractivity (Wildman–Crippen MR) is 73.4 cm³/mol. The zero-order chi connectivity index (χ0) is 11.0. The van der Waals surface area contributed by atoms with E-state index in [1.54, 1.807) is 0 Å². The average molecular weight is 294 g/mol. The van der Waals surface area contributed by atoms with E-state index in [4.69, 9.17) is 0 Å². The van der Waals surface area contributed by atoms with Gasteiger partial charge in [-0.3, -0.25) is 0 Å². The standard InChI is InChI=1S/C13H12BrNS/c14-11-3-4-12-9(7-11)6-10(8-15-12)13-2-1-5-16-13/h1-5,7,10,15H,6,8H2. The van der Waals surface area contributed by atoms with Crippen LogP contribution in [0.1, 0.15) is 16.4 Å². The number of rotatable bonds is 1. The Labute approximate surface area is 108 Å². The van der Waals surface area contributed by atoms with Crippen LogP contribution in [0, 0.1) is 0 Å². The average Bonchev–Trinajstić information content (AvgIpc) is 2.81. The normalized spacial score (nSPS) is 18.9. The van der Waals surface area contributed by atoms with E-state index in [2.05, 4.69) is 57.0 Å². The zero-order valence-electron chi connectivity index (χ0n) is 8.74. The van der Waals surface area contributed by atoms with Crippen LogP contribution >= 0.6 is 27.3 Å². The van der Waals surface area contributed by atoms with Crippen molar-refractivity contribution in [3.05, 3.63) is 50.6 Å². The minimum absolute atomic E-state index is 0.627. The molecule has 1 aromatic heterocycles. The van der Waals surface area contributed by atoms with Gasteiger partial charge in [-0.2, -0.15) is 0 Å². The number of anilines is 1. The Morgan fingerprint density at radius 1 is 1.31 bits per heavy atom. The van der Waals surface area contributed by atoms with Crippen LogP contribution in [0.5, 0.6) is 0 Å². The lowest BCUT2D eigenvalue weighted by molar-refractivity contribution is 0.707. The monoisotopic (exact) mass is 293 g/mol.